The molecule has 0 saturated heterocycles. The van der Waals surface area contributed by atoms with Crippen molar-refractivity contribution < 1.29 is 18.0 Å². The molecule has 170 valence electrons. The summed E-state index contributed by atoms with van der Waals surface area (Å²) >= 11 is 0. The summed E-state index contributed by atoms with van der Waals surface area (Å²) in [5.41, 5.74) is 2.25. The summed E-state index contributed by atoms with van der Waals surface area (Å²) in [5, 5.41) is 7.11. The summed E-state index contributed by atoms with van der Waals surface area (Å²) < 4.78 is 39.9. The zero-order valence-electron chi connectivity index (χ0n) is 18.4. The van der Waals surface area contributed by atoms with Gasteiger partial charge in [0.15, 0.2) is 5.82 Å². The van der Waals surface area contributed by atoms with Crippen LogP contribution < -0.4 is 5.32 Å². The smallest absolute Gasteiger partial charge is 0.348 e. The van der Waals surface area contributed by atoms with E-state index in [1.807, 2.05) is 52.2 Å². The number of alkyl halides is 3. The normalized spacial score (nSPS) is 11.9. The van der Waals surface area contributed by atoms with Gasteiger partial charge in [0.05, 0.1) is 23.0 Å². The first-order chi connectivity index (χ1) is 15.1. The average Bonchev–Trinajstić information content (AvgIpc) is 3.18. The quantitative estimate of drug-likeness (QED) is 0.586. The third-order valence-corrected chi connectivity index (χ3v) is 4.86. The van der Waals surface area contributed by atoms with Gasteiger partial charge in [0.25, 0.3) is 5.91 Å². The maximum Gasteiger partial charge on any atom is 0.417 e. The van der Waals surface area contributed by atoms with Crippen molar-refractivity contribution in [2.45, 2.75) is 39.0 Å². The maximum absolute atomic E-state index is 12.8. The fourth-order valence-corrected chi connectivity index (χ4v) is 3.36. The second-order valence-electron chi connectivity index (χ2n) is 8.15. The van der Waals surface area contributed by atoms with Crippen LogP contribution in [0.5, 0.6) is 0 Å². The second kappa shape index (κ2) is 9.52. The molecule has 2 heterocycles. The number of nitrogens with zero attached hydrogens (tertiary/aromatic N) is 4. The molecule has 0 aliphatic rings. The summed E-state index contributed by atoms with van der Waals surface area (Å²) in [4.78, 5) is 18.8. The van der Waals surface area contributed by atoms with Crippen LogP contribution in [0.3, 0.4) is 0 Å². The van der Waals surface area contributed by atoms with E-state index < -0.39 is 11.7 Å². The van der Waals surface area contributed by atoms with Crippen LogP contribution in [0, 0.1) is 0 Å². The molecule has 1 amide bonds. The van der Waals surface area contributed by atoms with Crippen LogP contribution in [-0.4, -0.2) is 39.7 Å². The first-order valence-electron chi connectivity index (χ1n) is 10.2. The number of amides is 1. The summed E-state index contributed by atoms with van der Waals surface area (Å²) in [5.74, 6) is -0.186. The van der Waals surface area contributed by atoms with E-state index in [-0.39, 0.29) is 17.6 Å². The monoisotopic (exact) mass is 445 g/mol. The highest BCUT2D eigenvalue weighted by atomic mass is 19.4. The standard InChI is InChI=1S/C23H26F3N5O/c1-15(2)21-19(13-29-31(21)20-10-9-18(12-27-20)23(24,25)26)22(32)28-11-16-5-7-17(8-6-16)14-30(3)4/h5-10,12-13,15H,11,14H2,1-4H3,(H,28,32). The van der Waals surface area contributed by atoms with Gasteiger partial charge in [0, 0.05) is 19.3 Å². The fraction of sp³-hybridized carbons (Fsp3) is 0.348. The van der Waals surface area contributed by atoms with Crippen molar-refractivity contribution in [2.75, 3.05) is 14.1 Å². The molecule has 0 radical (unpaired) electrons. The zero-order chi connectivity index (χ0) is 23.5. The molecule has 6 nitrogen and oxygen atoms in total. The molecule has 2 aromatic heterocycles. The molecule has 0 saturated carbocycles. The van der Waals surface area contributed by atoms with E-state index in [0.717, 1.165) is 24.4 Å². The van der Waals surface area contributed by atoms with E-state index in [9.17, 15) is 18.0 Å². The first-order valence-corrected chi connectivity index (χ1v) is 10.2. The Morgan fingerprint density at radius 3 is 2.25 bits per heavy atom. The van der Waals surface area contributed by atoms with Gasteiger partial charge in [-0.1, -0.05) is 38.1 Å². The largest absolute Gasteiger partial charge is 0.417 e. The van der Waals surface area contributed by atoms with Crippen molar-refractivity contribution in [1.29, 1.82) is 0 Å². The van der Waals surface area contributed by atoms with Gasteiger partial charge < -0.3 is 10.2 Å². The molecule has 0 aliphatic heterocycles. The second-order valence-corrected chi connectivity index (χ2v) is 8.15. The summed E-state index contributed by atoms with van der Waals surface area (Å²) in [6.07, 6.45) is -2.28. The topological polar surface area (TPSA) is 63.1 Å². The van der Waals surface area contributed by atoms with Gasteiger partial charge in [-0.25, -0.2) is 9.67 Å². The number of halogens is 3. The lowest BCUT2D eigenvalue weighted by atomic mass is 10.0. The molecule has 1 aromatic carbocycles. The number of rotatable bonds is 7. The van der Waals surface area contributed by atoms with Crippen LogP contribution >= 0.6 is 0 Å². The van der Waals surface area contributed by atoms with E-state index in [2.05, 4.69) is 20.3 Å². The van der Waals surface area contributed by atoms with Crippen molar-refractivity contribution in [1.82, 2.24) is 25.0 Å². The first kappa shape index (κ1) is 23.5. The molecule has 9 heteroatoms. The predicted molar refractivity (Wildman–Crippen MR) is 115 cm³/mol. The van der Waals surface area contributed by atoms with Crippen molar-refractivity contribution in [3.05, 3.63) is 76.7 Å². The number of hydrogen-bond acceptors (Lipinski definition) is 4. The molecule has 0 unspecified atom stereocenters. The molecule has 1 N–H and O–H groups in total. The van der Waals surface area contributed by atoms with Gasteiger partial charge >= 0.3 is 6.18 Å². The van der Waals surface area contributed by atoms with E-state index in [1.54, 1.807) is 0 Å². The van der Waals surface area contributed by atoms with Crippen molar-refractivity contribution in [2.24, 2.45) is 0 Å². The molecule has 32 heavy (non-hydrogen) atoms. The Morgan fingerprint density at radius 2 is 1.72 bits per heavy atom. The van der Waals surface area contributed by atoms with Gasteiger partial charge in [-0.15, -0.1) is 0 Å². The van der Waals surface area contributed by atoms with E-state index in [4.69, 9.17) is 0 Å². The Kier molecular flexibility index (Phi) is 6.98. The van der Waals surface area contributed by atoms with Gasteiger partial charge in [-0.05, 0) is 43.3 Å². The highest BCUT2D eigenvalue weighted by Gasteiger charge is 2.31. The Labute approximate surface area is 185 Å². The Bertz CT molecular complexity index is 1050. The van der Waals surface area contributed by atoms with Crippen molar-refractivity contribution in [3.8, 4) is 5.82 Å². The molecule has 0 fully saturated rings. The van der Waals surface area contributed by atoms with Crippen LogP contribution in [0.1, 0.15) is 52.5 Å². The minimum Gasteiger partial charge on any atom is -0.348 e. The van der Waals surface area contributed by atoms with Crippen LogP contribution in [-0.2, 0) is 19.3 Å². The zero-order valence-corrected chi connectivity index (χ0v) is 18.4. The Morgan fingerprint density at radius 1 is 1.06 bits per heavy atom. The van der Waals surface area contributed by atoms with Crippen LogP contribution in [0.15, 0.2) is 48.8 Å². The third kappa shape index (κ3) is 5.53. The number of hydrogen-bond donors (Lipinski definition) is 1. The molecule has 0 spiro atoms. The van der Waals surface area contributed by atoms with Gasteiger partial charge in [-0.3, -0.25) is 4.79 Å². The SMILES string of the molecule is CC(C)c1c(C(=O)NCc2ccc(CN(C)C)cc2)cnn1-c1ccc(C(F)(F)F)cn1. The summed E-state index contributed by atoms with van der Waals surface area (Å²) in [6, 6.07) is 10.2. The average molecular weight is 445 g/mol. The number of benzene rings is 1. The van der Waals surface area contributed by atoms with E-state index in [0.29, 0.717) is 17.8 Å². The Hall–Kier alpha value is -3.20. The summed E-state index contributed by atoms with van der Waals surface area (Å²) in [6.45, 7) is 4.96. The lowest BCUT2D eigenvalue weighted by Crippen LogP contribution is -2.24. The van der Waals surface area contributed by atoms with Gasteiger partial charge in [0.1, 0.15) is 0 Å². The predicted octanol–water partition coefficient (Wildman–Crippen LogP) is 4.40. The Balaban J connectivity index is 1.76. The number of pyridine rings is 1. The summed E-state index contributed by atoms with van der Waals surface area (Å²) in [7, 11) is 4.00. The van der Waals surface area contributed by atoms with Crippen LogP contribution in [0.4, 0.5) is 13.2 Å². The molecule has 0 atom stereocenters. The van der Waals surface area contributed by atoms with Crippen LogP contribution in [0.2, 0.25) is 0 Å². The highest BCUT2D eigenvalue weighted by Crippen LogP contribution is 2.29. The molecule has 0 bridgehead atoms. The molecular weight excluding hydrogens is 419 g/mol. The molecule has 3 rings (SSSR count). The number of carbonyl (C=O) groups is 1. The number of carbonyl (C=O) groups excluding carboxylic acids is 1. The lowest BCUT2D eigenvalue weighted by molar-refractivity contribution is -0.137. The van der Waals surface area contributed by atoms with E-state index in [1.165, 1.54) is 22.5 Å². The minimum atomic E-state index is -4.47. The highest BCUT2D eigenvalue weighted by molar-refractivity contribution is 5.95. The molecular formula is C23H26F3N5O. The van der Waals surface area contributed by atoms with Crippen LogP contribution in [0.25, 0.3) is 5.82 Å². The molecule has 3 aromatic rings. The lowest BCUT2D eigenvalue weighted by Gasteiger charge is -2.13. The number of aromatic nitrogens is 3. The molecule has 0 aliphatic carbocycles. The van der Waals surface area contributed by atoms with Crippen molar-refractivity contribution >= 4 is 5.91 Å². The number of nitrogens with one attached hydrogen (secondary N) is 1. The minimum absolute atomic E-state index is 0.104. The fourth-order valence-electron chi connectivity index (χ4n) is 3.36. The van der Waals surface area contributed by atoms with Crippen molar-refractivity contribution in [3.63, 3.8) is 0 Å². The third-order valence-electron chi connectivity index (χ3n) is 4.86. The van der Waals surface area contributed by atoms with E-state index >= 15 is 0 Å². The van der Waals surface area contributed by atoms with Gasteiger partial charge in [-0.2, -0.15) is 18.3 Å². The van der Waals surface area contributed by atoms with Gasteiger partial charge in [0.2, 0.25) is 0 Å². The maximum atomic E-state index is 12.8.